The first-order chi connectivity index (χ1) is 9.28. The first-order valence-electron chi connectivity index (χ1n) is 7.02. The zero-order valence-electron chi connectivity index (χ0n) is 11.8. The van der Waals surface area contributed by atoms with Crippen LogP contribution in [0.1, 0.15) is 25.3 Å². The van der Waals surface area contributed by atoms with Crippen molar-refractivity contribution in [3.8, 4) is 0 Å². The number of aliphatic imine (C=N–C) groups is 1. The minimum absolute atomic E-state index is 0.655. The third-order valence-corrected chi connectivity index (χ3v) is 3.91. The maximum atomic E-state index is 4.60. The number of nitrogens with zero attached hydrogens (tertiary/aromatic N) is 1. The van der Waals surface area contributed by atoms with Crippen molar-refractivity contribution in [1.82, 2.24) is 10.6 Å². The monoisotopic (exact) mass is 277 g/mol. The van der Waals surface area contributed by atoms with Crippen LogP contribution in [0.4, 0.5) is 0 Å². The van der Waals surface area contributed by atoms with Crippen molar-refractivity contribution < 1.29 is 0 Å². The highest BCUT2D eigenvalue weighted by molar-refractivity contribution is 7.99. The van der Waals surface area contributed by atoms with Gasteiger partial charge >= 0.3 is 0 Å². The quantitative estimate of drug-likeness (QED) is 0.363. The molecule has 3 nitrogen and oxygen atoms in total. The fraction of sp³-hybridized carbons (Fsp3) is 0.533. The van der Waals surface area contributed by atoms with Crippen LogP contribution in [0.2, 0.25) is 0 Å². The van der Waals surface area contributed by atoms with E-state index in [1.165, 1.54) is 23.3 Å². The summed E-state index contributed by atoms with van der Waals surface area (Å²) in [6, 6.07) is 9.33. The molecule has 104 valence electrons. The van der Waals surface area contributed by atoms with Gasteiger partial charge < -0.3 is 10.6 Å². The molecule has 0 bridgehead atoms. The van der Waals surface area contributed by atoms with E-state index in [0.29, 0.717) is 6.04 Å². The SMILES string of the molecule is CCNC(=NCCSc1ccc(C)cc1)NC1CC1. The molecule has 0 aromatic heterocycles. The molecule has 0 saturated heterocycles. The predicted molar refractivity (Wildman–Crippen MR) is 84.0 cm³/mol. The molecule has 2 rings (SSSR count). The molecule has 0 radical (unpaired) electrons. The summed E-state index contributed by atoms with van der Waals surface area (Å²) in [6.07, 6.45) is 2.56. The van der Waals surface area contributed by atoms with Crippen LogP contribution >= 0.6 is 11.8 Å². The first-order valence-corrected chi connectivity index (χ1v) is 8.01. The van der Waals surface area contributed by atoms with Crippen molar-refractivity contribution in [2.75, 3.05) is 18.8 Å². The fourth-order valence-electron chi connectivity index (χ4n) is 1.70. The third-order valence-electron chi connectivity index (χ3n) is 2.91. The second kappa shape index (κ2) is 7.43. The number of nitrogens with one attached hydrogen (secondary N) is 2. The molecule has 0 atom stereocenters. The molecule has 1 saturated carbocycles. The largest absolute Gasteiger partial charge is 0.357 e. The smallest absolute Gasteiger partial charge is 0.191 e. The highest BCUT2D eigenvalue weighted by Crippen LogP contribution is 2.19. The molecule has 0 heterocycles. The number of aryl methyl sites for hydroxylation is 1. The van der Waals surface area contributed by atoms with Crippen molar-refractivity contribution in [3.05, 3.63) is 29.8 Å². The van der Waals surface area contributed by atoms with Crippen LogP contribution in [0, 0.1) is 6.92 Å². The number of thioether (sulfide) groups is 1. The van der Waals surface area contributed by atoms with Crippen molar-refractivity contribution in [1.29, 1.82) is 0 Å². The third kappa shape index (κ3) is 5.55. The van der Waals surface area contributed by atoms with E-state index >= 15 is 0 Å². The molecular formula is C15H23N3S. The van der Waals surface area contributed by atoms with Crippen LogP contribution in [-0.4, -0.2) is 30.8 Å². The van der Waals surface area contributed by atoms with Crippen LogP contribution in [0.3, 0.4) is 0 Å². The molecule has 1 aromatic carbocycles. The van der Waals surface area contributed by atoms with Gasteiger partial charge in [-0.1, -0.05) is 17.7 Å². The standard InChI is InChI=1S/C15H23N3S/c1-3-16-15(18-13-6-7-13)17-10-11-19-14-8-4-12(2)5-9-14/h4-5,8-9,13H,3,6-7,10-11H2,1-2H3,(H2,16,17,18). The topological polar surface area (TPSA) is 36.4 Å². The van der Waals surface area contributed by atoms with Crippen LogP contribution in [0.25, 0.3) is 0 Å². The van der Waals surface area contributed by atoms with Gasteiger partial charge in [0, 0.05) is 23.2 Å². The lowest BCUT2D eigenvalue weighted by Gasteiger charge is -2.09. The lowest BCUT2D eigenvalue weighted by Crippen LogP contribution is -2.38. The summed E-state index contributed by atoms with van der Waals surface area (Å²) in [4.78, 5) is 5.92. The average Bonchev–Trinajstić information content (AvgIpc) is 3.21. The second-order valence-corrected chi connectivity index (χ2v) is 6.01. The van der Waals surface area contributed by atoms with Gasteiger partial charge in [-0.25, -0.2) is 0 Å². The summed E-state index contributed by atoms with van der Waals surface area (Å²) >= 11 is 1.86. The van der Waals surface area contributed by atoms with E-state index in [9.17, 15) is 0 Å². The van der Waals surface area contributed by atoms with Gasteiger partial charge in [-0.15, -0.1) is 11.8 Å². The van der Waals surface area contributed by atoms with Gasteiger partial charge in [0.15, 0.2) is 5.96 Å². The van der Waals surface area contributed by atoms with Gasteiger partial charge in [-0.3, -0.25) is 4.99 Å². The first kappa shape index (κ1) is 14.3. The molecule has 1 aliphatic rings. The van der Waals surface area contributed by atoms with Gasteiger partial charge in [0.2, 0.25) is 0 Å². The van der Waals surface area contributed by atoms with Crippen molar-refractivity contribution in [2.45, 2.75) is 37.6 Å². The summed E-state index contributed by atoms with van der Waals surface area (Å²) in [7, 11) is 0. The number of hydrogen-bond acceptors (Lipinski definition) is 2. The van der Waals surface area contributed by atoms with Gasteiger partial charge in [0.1, 0.15) is 0 Å². The molecule has 0 spiro atoms. The van der Waals surface area contributed by atoms with Crippen LogP contribution in [0.5, 0.6) is 0 Å². The minimum atomic E-state index is 0.655. The molecular weight excluding hydrogens is 254 g/mol. The Morgan fingerprint density at radius 1 is 1.32 bits per heavy atom. The van der Waals surface area contributed by atoms with Gasteiger partial charge in [0.25, 0.3) is 0 Å². The maximum Gasteiger partial charge on any atom is 0.191 e. The van der Waals surface area contributed by atoms with Crippen molar-refractivity contribution >= 4 is 17.7 Å². The average molecular weight is 277 g/mol. The Balaban J connectivity index is 1.72. The molecule has 19 heavy (non-hydrogen) atoms. The van der Waals surface area contributed by atoms with Crippen molar-refractivity contribution in [2.24, 2.45) is 4.99 Å². The van der Waals surface area contributed by atoms with E-state index in [1.54, 1.807) is 0 Å². The van der Waals surface area contributed by atoms with Gasteiger partial charge in [-0.05, 0) is 38.8 Å². The number of guanidine groups is 1. The van der Waals surface area contributed by atoms with E-state index in [4.69, 9.17) is 0 Å². The zero-order valence-corrected chi connectivity index (χ0v) is 12.6. The molecule has 4 heteroatoms. The predicted octanol–water partition coefficient (Wildman–Crippen LogP) is 2.80. The Morgan fingerprint density at radius 2 is 2.05 bits per heavy atom. The summed E-state index contributed by atoms with van der Waals surface area (Å²) < 4.78 is 0. The minimum Gasteiger partial charge on any atom is -0.357 e. The van der Waals surface area contributed by atoms with E-state index in [0.717, 1.165) is 24.8 Å². The molecule has 1 fully saturated rings. The number of benzene rings is 1. The molecule has 1 aromatic rings. The van der Waals surface area contributed by atoms with E-state index < -0.39 is 0 Å². The van der Waals surface area contributed by atoms with E-state index in [2.05, 4.69) is 53.7 Å². The van der Waals surface area contributed by atoms with Crippen LogP contribution < -0.4 is 10.6 Å². The Kier molecular flexibility index (Phi) is 5.58. The summed E-state index contributed by atoms with van der Waals surface area (Å²) in [5.74, 6) is 1.99. The molecule has 0 amide bonds. The second-order valence-electron chi connectivity index (χ2n) is 4.84. The Bertz CT molecular complexity index is 410. The highest BCUT2D eigenvalue weighted by atomic mass is 32.2. The van der Waals surface area contributed by atoms with Gasteiger partial charge in [0.05, 0.1) is 6.54 Å². The molecule has 0 unspecified atom stereocenters. The number of rotatable bonds is 6. The Hall–Kier alpha value is -1.16. The molecule has 2 N–H and O–H groups in total. The molecule has 1 aliphatic carbocycles. The number of hydrogen-bond donors (Lipinski definition) is 2. The molecule has 0 aliphatic heterocycles. The summed E-state index contributed by atoms with van der Waals surface area (Å²) in [6.45, 7) is 5.99. The lowest BCUT2D eigenvalue weighted by molar-refractivity contribution is 0.817. The van der Waals surface area contributed by atoms with E-state index in [-0.39, 0.29) is 0 Å². The fourth-order valence-corrected chi connectivity index (χ4v) is 2.44. The van der Waals surface area contributed by atoms with Crippen LogP contribution in [-0.2, 0) is 0 Å². The lowest BCUT2D eigenvalue weighted by atomic mass is 10.2. The van der Waals surface area contributed by atoms with Gasteiger partial charge in [-0.2, -0.15) is 0 Å². The van der Waals surface area contributed by atoms with E-state index in [1.807, 2.05) is 11.8 Å². The van der Waals surface area contributed by atoms with Crippen molar-refractivity contribution in [3.63, 3.8) is 0 Å². The normalized spacial score (nSPS) is 15.4. The zero-order chi connectivity index (χ0) is 13.5. The highest BCUT2D eigenvalue weighted by Gasteiger charge is 2.21. The Labute approximate surface area is 120 Å². The summed E-state index contributed by atoms with van der Waals surface area (Å²) in [5, 5.41) is 6.72. The van der Waals surface area contributed by atoms with Crippen LogP contribution in [0.15, 0.2) is 34.2 Å². The Morgan fingerprint density at radius 3 is 2.68 bits per heavy atom. The maximum absolute atomic E-state index is 4.60. The summed E-state index contributed by atoms with van der Waals surface area (Å²) in [5.41, 5.74) is 1.31.